The van der Waals surface area contributed by atoms with Gasteiger partial charge in [-0.25, -0.2) is 13.1 Å². The number of nitrogens with zero attached hydrogens (tertiary/aromatic N) is 2. The van der Waals surface area contributed by atoms with Crippen LogP contribution >= 0.6 is 11.6 Å². The van der Waals surface area contributed by atoms with Crippen LogP contribution in [0.5, 0.6) is 5.75 Å². The second-order valence-electron chi connectivity index (χ2n) is 14.8. The molecule has 6 rings (SSSR count). The first-order chi connectivity index (χ1) is 22.3. The maximum Gasteiger partial charge on any atom is 0.264 e. The van der Waals surface area contributed by atoms with E-state index in [0.717, 1.165) is 42.8 Å². The first-order valence-electron chi connectivity index (χ1n) is 17.0. The van der Waals surface area contributed by atoms with Gasteiger partial charge in [-0.2, -0.15) is 0 Å². The number of ketones is 1. The van der Waals surface area contributed by atoms with Gasteiger partial charge in [0, 0.05) is 35.1 Å². The van der Waals surface area contributed by atoms with Crippen molar-refractivity contribution < 1.29 is 27.9 Å². The van der Waals surface area contributed by atoms with Gasteiger partial charge in [0.15, 0.2) is 0 Å². The number of Topliss-reactive ketones (excluding diaryl/α,β-unsaturated/α-hetero) is 1. The minimum atomic E-state index is -4.03. The molecule has 2 aromatic carbocycles. The molecular formula is C36H48ClN3O6S. The summed E-state index contributed by atoms with van der Waals surface area (Å²) in [6.45, 7) is 7.04. The number of sulfonamides is 1. The molecule has 1 fully saturated rings. The summed E-state index contributed by atoms with van der Waals surface area (Å²) in [6, 6.07) is 11.1. The number of halogens is 1. The molecule has 7 atom stereocenters. The van der Waals surface area contributed by atoms with Crippen molar-refractivity contribution in [2.45, 2.75) is 88.5 Å². The number of aryl methyl sites for hydroxylation is 1. The van der Waals surface area contributed by atoms with Gasteiger partial charge >= 0.3 is 0 Å². The molecule has 9 nitrogen and oxygen atoms in total. The Bertz CT molecular complexity index is 1630. The summed E-state index contributed by atoms with van der Waals surface area (Å²) >= 11 is 6.42. The predicted octanol–water partition coefficient (Wildman–Crippen LogP) is 4.97. The fourth-order valence-electron chi connectivity index (χ4n) is 8.46. The van der Waals surface area contributed by atoms with E-state index in [1.54, 1.807) is 25.1 Å². The van der Waals surface area contributed by atoms with Gasteiger partial charge in [0.25, 0.3) is 5.91 Å². The van der Waals surface area contributed by atoms with E-state index in [4.69, 9.17) is 16.3 Å². The molecular weight excluding hydrogens is 638 g/mol. The average molecular weight is 686 g/mol. The van der Waals surface area contributed by atoms with Gasteiger partial charge < -0.3 is 14.7 Å². The number of carbonyl (C=O) groups is 2. The molecule has 4 aliphatic rings. The highest BCUT2D eigenvalue weighted by atomic mass is 35.5. The van der Waals surface area contributed by atoms with Crippen LogP contribution in [-0.4, -0.2) is 80.8 Å². The van der Waals surface area contributed by atoms with Crippen molar-refractivity contribution in [1.82, 2.24) is 9.62 Å². The Morgan fingerprint density at radius 1 is 1.17 bits per heavy atom. The number of carbonyl (C=O) groups excluding carboxylic acids is 2. The van der Waals surface area contributed by atoms with Crippen molar-refractivity contribution in [1.29, 1.82) is 0 Å². The lowest BCUT2D eigenvalue weighted by atomic mass is 9.67. The molecule has 2 heterocycles. The van der Waals surface area contributed by atoms with Crippen LogP contribution in [0.1, 0.15) is 80.8 Å². The number of aliphatic hydroxyl groups excluding tert-OH is 1. The number of benzene rings is 2. The van der Waals surface area contributed by atoms with Crippen LogP contribution in [0.4, 0.5) is 5.69 Å². The highest BCUT2D eigenvalue weighted by Gasteiger charge is 2.45. The number of amides is 1. The lowest BCUT2D eigenvalue weighted by Gasteiger charge is -2.46. The van der Waals surface area contributed by atoms with E-state index in [2.05, 4.69) is 21.8 Å². The van der Waals surface area contributed by atoms with Crippen molar-refractivity contribution in [3.05, 3.63) is 58.1 Å². The van der Waals surface area contributed by atoms with E-state index in [-0.39, 0.29) is 47.1 Å². The van der Waals surface area contributed by atoms with Gasteiger partial charge in [0.1, 0.15) is 11.5 Å². The number of rotatable bonds is 3. The van der Waals surface area contributed by atoms with E-state index >= 15 is 0 Å². The molecule has 11 heteroatoms. The van der Waals surface area contributed by atoms with Gasteiger partial charge in [0.2, 0.25) is 10.0 Å². The van der Waals surface area contributed by atoms with Crippen molar-refractivity contribution >= 4 is 39.0 Å². The number of hydrogen-bond donors (Lipinski definition) is 2. The summed E-state index contributed by atoms with van der Waals surface area (Å²) in [5.41, 5.74) is 3.19. The Morgan fingerprint density at radius 3 is 2.68 bits per heavy atom. The monoisotopic (exact) mass is 685 g/mol. The third-order valence-electron chi connectivity index (χ3n) is 11.5. The maximum absolute atomic E-state index is 13.6. The van der Waals surface area contributed by atoms with E-state index in [1.807, 2.05) is 24.9 Å². The Kier molecular flexibility index (Phi) is 9.70. The van der Waals surface area contributed by atoms with Crippen LogP contribution in [0, 0.1) is 17.8 Å². The van der Waals surface area contributed by atoms with Crippen molar-refractivity contribution in [3.8, 4) is 5.75 Å². The summed E-state index contributed by atoms with van der Waals surface area (Å²) in [5.74, 6) is -0.0396. The predicted molar refractivity (Wildman–Crippen MR) is 184 cm³/mol. The second kappa shape index (κ2) is 13.3. The number of fused-ring (bicyclic) bond motifs is 4. The number of anilines is 1. The van der Waals surface area contributed by atoms with Gasteiger partial charge in [-0.15, -0.1) is 0 Å². The summed E-state index contributed by atoms with van der Waals surface area (Å²) in [6.07, 6.45) is 5.09. The number of hydrogen-bond acceptors (Lipinski definition) is 8. The average Bonchev–Trinajstić information content (AvgIpc) is 3.14. The molecule has 0 radical (unpaired) electrons. The smallest absolute Gasteiger partial charge is 0.264 e. The lowest BCUT2D eigenvalue weighted by Crippen LogP contribution is -2.50. The van der Waals surface area contributed by atoms with Crippen LogP contribution < -0.4 is 14.4 Å². The summed E-state index contributed by atoms with van der Waals surface area (Å²) in [5, 5.41) is 11.6. The van der Waals surface area contributed by atoms with Gasteiger partial charge in [-0.1, -0.05) is 24.6 Å². The topological polar surface area (TPSA) is 116 Å². The molecule has 1 saturated carbocycles. The summed E-state index contributed by atoms with van der Waals surface area (Å²) < 4.78 is 36.0. The molecule has 1 spiro atoms. The fourth-order valence-corrected chi connectivity index (χ4v) is 9.94. The zero-order valence-electron chi connectivity index (χ0n) is 27.9. The first-order valence-corrected chi connectivity index (χ1v) is 18.9. The van der Waals surface area contributed by atoms with Crippen LogP contribution in [-0.2, 0) is 26.7 Å². The minimum absolute atomic E-state index is 0.0112. The molecule has 0 unspecified atom stereocenters. The summed E-state index contributed by atoms with van der Waals surface area (Å²) in [4.78, 5) is 29.9. The largest absolute Gasteiger partial charge is 0.490 e. The molecule has 0 aromatic heterocycles. The van der Waals surface area contributed by atoms with Crippen LogP contribution in [0.25, 0.3) is 0 Å². The standard InChI is InChI=1S/C36H48ClN3O6S/c1-22-14-29(39(4)18-23(2)41)17-33(42)30-10-7-27(30)19-40-20-36(13-5-6-25-15-28(37)9-11-31(25)36)21-46-34-12-8-26(16-32(34)40)35(43)38-47(44,45)24(22)3/h8-9,11-12,15-16,22,24,27,29-30,33,42H,5-7,10,13-14,17-21H2,1-4H3,(H,38,43)/t22-,24+,27-,29-,30+,33-,36-/m0/s1. The van der Waals surface area contributed by atoms with Crippen LogP contribution in [0.15, 0.2) is 36.4 Å². The van der Waals surface area contributed by atoms with Gasteiger partial charge in [-0.05, 0) is 125 Å². The Hall–Kier alpha value is -2.66. The fraction of sp³-hybridized carbons (Fsp3) is 0.611. The molecule has 2 aliphatic carbocycles. The number of ether oxygens (including phenoxy) is 1. The molecule has 47 heavy (non-hydrogen) atoms. The quantitative estimate of drug-likeness (QED) is 0.466. The highest BCUT2D eigenvalue weighted by molar-refractivity contribution is 7.90. The zero-order valence-corrected chi connectivity index (χ0v) is 29.4. The third-order valence-corrected chi connectivity index (χ3v) is 13.7. The molecule has 256 valence electrons. The second-order valence-corrected chi connectivity index (χ2v) is 17.2. The van der Waals surface area contributed by atoms with E-state index in [1.165, 1.54) is 18.1 Å². The van der Waals surface area contributed by atoms with E-state index in [0.29, 0.717) is 38.3 Å². The minimum Gasteiger partial charge on any atom is -0.490 e. The number of aliphatic hydroxyl groups is 1. The SMILES string of the molecule is CC(=O)CN(C)[C@H]1C[C@H](C)[C@@H](C)S(=O)(=O)NC(=O)c2ccc3c(c2)N(C[C@@H]2CC[C@H]2[C@@H](O)C1)C[C@@]1(CCCc2cc(Cl)ccc21)CO3. The van der Waals surface area contributed by atoms with Crippen LogP contribution in [0.3, 0.4) is 0 Å². The van der Waals surface area contributed by atoms with E-state index < -0.39 is 27.3 Å². The van der Waals surface area contributed by atoms with Crippen molar-refractivity contribution in [3.63, 3.8) is 0 Å². The molecule has 2 aromatic rings. The number of likely N-dealkylation sites (N-methyl/N-ethyl adjacent to an activating group) is 1. The molecule has 0 saturated heterocycles. The highest BCUT2D eigenvalue weighted by Crippen LogP contribution is 2.47. The zero-order chi connectivity index (χ0) is 33.7. The third kappa shape index (κ3) is 6.94. The van der Waals surface area contributed by atoms with Crippen molar-refractivity contribution in [2.24, 2.45) is 17.8 Å². The Labute approximate surface area is 284 Å². The van der Waals surface area contributed by atoms with Gasteiger partial charge in [-0.3, -0.25) is 14.5 Å². The molecule has 2 N–H and O–H groups in total. The van der Waals surface area contributed by atoms with Crippen molar-refractivity contribution in [2.75, 3.05) is 38.2 Å². The number of nitrogens with one attached hydrogen (secondary N) is 1. The summed E-state index contributed by atoms with van der Waals surface area (Å²) in [7, 11) is -2.17. The molecule has 2 aliphatic heterocycles. The lowest BCUT2D eigenvalue weighted by molar-refractivity contribution is -0.118. The Morgan fingerprint density at radius 2 is 1.96 bits per heavy atom. The maximum atomic E-state index is 13.6. The normalized spacial score (nSPS) is 32.3. The molecule has 1 amide bonds. The first kappa shape index (κ1) is 34.2. The van der Waals surface area contributed by atoms with Crippen LogP contribution in [0.2, 0.25) is 5.02 Å². The Balaban J connectivity index is 1.40. The molecule has 2 bridgehead atoms. The van der Waals surface area contributed by atoms with E-state index in [9.17, 15) is 23.1 Å². The van der Waals surface area contributed by atoms with Gasteiger partial charge in [0.05, 0.1) is 30.2 Å².